The number of benzene rings is 3. The van der Waals surface area contributed by atoms with Gasteiger partial charge in [-0.15, -0.1) is 0 Å². The second kappa shape index (κ2) is 7.08. The van der Waals surface area contributed by atoms with Gasteiger partial charge < -0.3 is 4.74 Å². The molecule has 4 aromatic rings. The number of carbonyl (C=O) groups excluding carboxylic acids is 1. The summed E-state index contributed by atoms with van der Waals surface area (Å²) in [5.74, 6) is -0.347. The Morgan fingerprint density at radius 1 is 0.926 bits per heavy atom. The molecule has 4 heteroatoms. The zero-order valence-corrected chi connectivity index (χ0v) is 15.3. The zero-order valence-electron chi connectivity index (χ0n) is 15.3. The average molecular weight is 356 g/mol. The lowest BCUT2D eigenvalue weighted by atomic mass is 10.1. The molecule has 0 atom stereocenters. The molecule has 0 radical (unpaired) electrons. The summed E-state index contributed by atoms with van der Waals surface area (Å²) in [6.07, 6.45) is 0. The predicted octanol–water partition coefficient (Wildman–Crippen LogP) is 5.00. The summed E-state index contributed by atoms with van der Waals surface area (Å²) >= 11 is 0. The van der Waals surface area contributed by atoms with Crippen molar-refractivity contribution in [3.8, 4) is 5.69 Å². The zero-order chi connectivity index (χ0) is 18.8. The lowest BCUT2D eigenvalue weighted by molar-refractivity contribution is 0.0472. The van der Waals surface area contributed by atoms with Crippen LogP contribution >= 0.6 is 0 Å². The Labute approximate surface area is 158 Å². The molecular formula is C23H20N2O2. The first-order chi connectivity index (χ1) is 13.1. The molecule has 4 rings (SSSR count). The van der Waals surface area contributed by atoms with Crippen molar-refractivity contribution in [2.24, 2.45) is 0 Å². The minimum absolute atomic E-state index is 0.232. The highest BCUT2D eigenvalue weighted by Crippen LogP contribution is 2.22. The van der Waals surface area contributed by atoms with Crippen molar-refractivity contribution in [3.63, 3.8) is 0 Å². The summed E-state index contributed by atoms with van der Waals surface area (Å²) in [4.78, 5) is 12.8. The number of para-hydroxylation sites is 1. The maximum absolute atomic E-state index is 12.8. The molecule has 0 saturated heterocycles. The Hall–Kier alpha value is -3.40. The van der Waals surface area contributed by atoms with Crippen molar-refractivity contribution in [1.82, 2.24) is 9.78 Å². The molecule has 27 heavy (non-hydrogen) atoms. The topological polar surface area (TPSA) is 44.1 Å². The fourth-order valence-electron chi connectivity index (χ4n) is 3.39. The van der Waals surface area contributed by atoms with Crippen LogP contribution in [0.3, 0.4) is 0 Å². The van der Waals surface area contributed by atoms with Gasteiger partial charge in [-0.05, 0) is 42.3 Å². The molecule has 1 heterocycles. The van der Waals surface area contributed by atoms with Crippen molar-refractivity contribution in [2.45, 2.75) is 20.5 Å². The predicted molar refractivity (Wildman–Crippen MR) is 106 cm³/mol. The van der Waals surface area contributed by atoms with Gasteiger partial charge in [-0.1, -0.05) is 60.7 Å². The molecule has 0 aliphatic carbocycles. The van der Waals surface area contributed by atoms with E-state index >= 15 is 0 Å². The van der Waals surface area contributed by atoms with E-state index < -0.39 is 0 Å². The van der Waals surface area contributed by atoms with Crippen molar-refractivity contribution in [3.05, 3.63) is 95.3 Å². The van der Waals surface area contributed by atoms with E-state index in [2.05, 4.69) is 17.2 Å². The van der Waals surface area contributed by atoms with Gasteiger partial charge >= 0.3 is 5.97 Å². The van der Waals surface area contributed by atoms with E-state index in [1.165, 1.54) is 0 Å². The van der Waals surface area contributed by atoms with Gasteiger partial charge in [-0.2, -0.15) is 5.10 Å². The summed E-state index contributed by atoms with van der Waals surface area (Å²) in [6, 6.07) is 23.9. The van der Waals surface area contributed by atoms with Crippen LogP contribution in [0.2, 0.25) is 0 Å². The van der Waals surface area contributed by atoms with Crippen LogP contribution in [0.5, 0.6) is 0 Å². The fraction of sp³-hybridized carbons (Fsp3) is 0.130. The molecule has 0 fully saturated rings. The van der Waals surface area contributed by atoms with Gasteiger partial charge in [0, 0.05) is 0 Å². The van der Waals surface area contributed by atoms with Crippen molar-refractivity contribution >= 4 is 16.7 Å². The number of esters is 1. The lowest BCUT2D eigenvalue weighted by Gasteiger charge is -2.09. The third kappa shape index (κ3) is 3.22. The standard InChI is InChI=1S/C23H20N2O2/c1-16-22(17(2)25(24-16)20-12-4-3-5-13-20)23(26)27-15-19-11-8-10-18-9-6-7-14-21(18)19/h3-14H,15H2,1-2H3. The summed E-state index contributed by atoms with van der Waals surface area (Å²) in [5.41, 5.74) is 3.89. The molecule has 0 spiro atoms. The van der Waals surface area contributed by atoms with Gasteiger partial charge in [-0.25, -0.2) is 9.48 Å². The molecule has 4 nitrogen and oxygen atoms in total. The van der Waals surface area contributed by atoms with E-state index in [0.717, 1.165) is 27.7 Å². The second-order valence-electron chi connectivity index (χ2n) is 6.51. The average Bonchev–Trinajstić information content (AvgIpc) is 3.01. The maximum atomic E-state index is 12.8. The van der Waals surface area contributed by atoms with E-state index in [4.69, 9.17) is 4.74 Å². The maximum Gasteiger partial charge on any atom is 0.342 e. The summed E-state index contributed by atoms with van der Waals surface area (Å²) in [6.45, 7) is 3.96. The van der Waals surface area contributed by atoms with Gasteiger partial charge in [0.2, 0.25) is 0 Å². The number of hydrogen-bond donors (Lipinski definition) is 0. The monoisotopic (exact) mass is 356 g/mol. The van der Waals surface area contributed by atoms with Gasteiger partial charge in [0.15, 0.2) is 0 Å². The molecular weight excluding hydrogens is 336 g/mol. The molecule has 0 saturated carbocycles. The van der Waals surface area contributed by atoms with Gasteiger partial charge in [0.25, 0.3) is 0 Å². The third-order valence-electron chi connectivity index (χ3n) is 4.73. The van der Waals surface area contributed by atoms with E-state index in [0.29, 0.717) is 11.3 Å². The van der Waals surface area contributed by atoms with Crippen LogP contribution in [0.4, 0.5) is 0 Å². The number of rotatable bonds is 4. The molecule has 1 aromatic heterocycles. The molecule has 0 unspecified atom stereocenters. The minimum Gasteiger partial charge on any atom is -0.457 e. The fourth-order valence-corrected chi connectivity index (χ4v) is 3.39. The molecule has 0 aliphatic heterocycles. The number of ether oxygens (including phenoxy) is 1. The van der Waals surface area contributed by atoms with E-state index in [1.807, 2.05) is 74.5 Å². The Morgan fingerprint density at radius 3 is 2.44 bits per heavy atom. The van der Waals surface area contributed by atoms with Gasteiger partial charge in [0.05, 0.1) is 17.1 Å². The summed E-state index contributed by atoms with van der Waals surface area (Å²) in [5, 5.41) is 6.76. The quantitative estimate of drug-likeness (QED) is 0.483. The number of aryl methyl sites for hydroxylation is 1. The highest BCUT2D eigenvalue weighted by Gasteiger charge is 2.21. The normalized spacial score (nSPS) is 10.9. The van der Waals surface area contributed by atoms with Gasteiger partial charge in [-0.3, -0.25) is 0 Å². The van der Waals surface area contributed by atoms with Crippen LogP contribution in [0.25, 0.3) is 16.5 Å². The largest absolute Gasteiger partial charge is 0.457 e. The molecule has 3 aromatic carbocycles. The third-order valence-corrected chi connectivity index (χ3v) is 4.73. The van der Waals surface area contributed by atoms with Crippen LogP contribution in [0, 0.1) is 13.8 Å². The number of hydrogen-bond acceptors (Lipinski definition) is 3. The van der Waals surface area contributed by atoms with E-state index in [1.54, 1.807) is 4.68 Å². The molecule has 134 valence electrons. The van der Waals surface area contributed by atoms with Crippen LogP contribution in [0.15, 0.2) is 72.8 Å². The molecule has 0 aliphatic rings. The number of carbonyl (C=O) groups is 1. The molecule has 0 N–H and O–H groups in total. The summed E-state index contributed by atoms with van der Waals surface area (Å²) in [7, 11) is 0. The van der Waals surface area contributed by atoms with Crippen LogP contribution < -0.4 is 0 Å². The SMILES string of the molecule is Cc1nn(-c2ccccc2)c(C)c1C(=O)OCc1cccc2ccccc12. The Morgan fingerprint density at radius 2 is 1.63 bits per heavy atom. The number of aromatic nitrogens is 2. The minimum atomic E-state index is -0.347. The van der Waals surface area contributed by atoms with E-state index in [-0.39, 0.29) is 12.6 Å². The lowest BCUT2D eigenvalue weighted by Crippen LogP contribution is -2.08. The van der Waals surface area contributed by atoms with Crippen LogP contribution in [0.1, 0.15) is 27.3 Å². The Balaban J connectivity index is 1.60. The second-order valence-corrected chi connectivity index (χ2v) is 6.51. The van der Waals surface area contributed by atoms with Gasteiger partial charge in [0.1, 0.15) is 12.2 Å². The van der Waals surface area contributed by atoms with Crippen molar-refractivity contribution in [2.75, 3.05) is 0 Å². The molecule has 0 bridgehead atoms. The van der Waals surface area contributed by atoms with E-state index in [9.17, 15) is 4.79 Å². The highest BCUT2D eigenvalue weighted by atomic mass is 16.5. The van der Waals surface area contributed by atoms with Crippen molar-refractivity contribution in [1.29, 1.82) is 0 Å². The Kier molecular flexibility index (Phi) is 4.47. The smallest absolute Gasteiger partial charge is 0.342 e. The van der Waals surface area contributed by atoms with Crippen LogP contribution in [-0.2, 0) is 11.3 Å². The number of fused-ring (bicyclic) bond motifs is 1. The Bertz CT molecular complexity index is 1110. The molecule has 0 amide bonds. The first kappa shape index (κ1) is 17.0. The summed E-state index contributed by atoms with van der Waals surface area (Å²) < 4.78 is 7.42. The first-order valence-corrected chi connectivity index (χ1v) is 8.90. The van der Waals surface area contributed by atoms with Crippen LogP contribution in [-0.4, -0.2) is 15.7 Å². The highest BCUT2D eigenvalue weighted by molar-refractivity contribution is 5.92. The van der Waals surface area contributed by atoms with Crippen molar-refractivity contribution < 1.29 is 9.53 Å². The first-order valence-electron chi connectivity index (χ1n) is 8.90. The number of nitrogens with zero attached hydrogens (tertiary/aromatic N) is 2.